The molecule has 6 aromatic carbocycles. The maximum Gasteiger partial charge on any atom is 0.113 e. The van der Waals surface area contributed by atoms with Gasteiger partial charge in [0.1, 0.15) is 22.1 Å². The molecule has 0 amide bonds. The van der Waals surface area contributed by atoms with Gasteiger partial charge in [-0.2, -0.15) is 9.59 Å². The first kappa shape index (κ1) is 24.7. The van der Waals surface area contributed by atoms with Gasteiger partial charge in [-0.3, -0.25) is 0 Å². The molecule has 0 radical (unpaired) electrons. The normalized spacial score (nSPS) is 11.3. The molecule has 2 heterocycles. The van der Waals surface area contributed by atoms with Gasteiger partial charge >= 0.3 is 0 Å². The van der Waals surface area contributed by atoms with E-state index in [0.717, 1.165) is 50.5 Å². The zero-order chi connectivity index (χ0) is 28.6. The maximum absolute atomic E-state index is 4.64. The van der Waals surface area contributed by atoms with Crippen LogP contribution in [0.25, 0.3) is 44.6 Å². The first-order chi connectivity index (χ1) is 21.3. The van der Waals surface area contributed by atoms with Crippen molar-refractivity contribution in [2.75, 3.05) is 4.90 Å². The third kappa shape index (κ3) is 4.69. The van der Waals surface area contributed by atoms with Crippen LogP contribution in [0.3, 0.4) is 0 Å². The lowest BCUT2D eigenvalue weighted by Crippen LogP contribution is -2.10. The first-order valence-corrected chi connectivity index (χ1v) is 14.1. The fraction of sp³-hybridized carbons (Fsp3) is 0. The molecule has 0 aliphatic carbocycles. The SMILES string of the molecule is c1ccc(-c2ccc(N(c3ccc(-n4nc5ccccc5n4)cc3)c3ccc(-n4nc5ccccc5n4)cc3)cc2)cc1. The summed E-state index contributed by atoms with van der Waals surface area (Å²) in [5.41, 5.74) is 10.7. The average Bonchev–Trinajstić information content (AvgIpc) is 3.71. The van der Waals surface area contributed by atoms with Gasteiger partial charge in [-0.1, -0.05) is 66.7 Å². The van der Waals surface area contributed by atoms with Gasteiger partial charge < -0.3 is 4.90 Å². The predicted molar refractivity (Wildman–Crippen MR) is 171 cm³/mol. The van der Waals surface area contributed by atoms with Crippen molar-refractivity contribution in [2.45, 2.75) is 0 Å². The molecule has 8 aromatic rings. The molecular weight excluding hydrogens is 530 g/mol. The van der Waals surface area contributed by atoms with Crippen LogP contribution in [0.5, 0.6) is 0 Å². The van der Waals surface area contributed by atoms with E-state index in [0.29, 0.717) is 0 Å². The van der Waals surface area contributed by atoms with Gasteiger partial charge in [-0.15, -0.1) is 20.4 Å². The molecule has 0 aliphatic heterocycles. The summed E-state index contributed by atoms with van der Waals surface area (Å²) >= 11 is 0. The molecule has 7 heteroatoms. The number of rotatable bonds is 6. The summed E-state index contributed by atoms with van der Waals surface area (Å²) in [6.07, 6.45) is 0. The van der Waals surface area contributed by atoms with Crippen LogP contribution in [0.1, 0.15) is 0 Å². The Hall–Kier alpha value is -6.08. The molecule has 43 heavy (non-hydrogen) atoms. The molecule has 0 atom stereocenters. The van der Waals surface area contributed by atoms with Crippen molar-refractivity contribution in [3.8, 4) is 22.5 Å². The topological polar surface area (TPSA) is 64.7 Å². The Balaban J connectivity index is 1.17. The Morgan fingerprint density at radius 1 is 0.326 bits per heavy atom. The van der Waals surface area contributed by atoms with Crippen molar-refractivity contribution in [3.63, 3.8) is 0 Å². The van der Waals surface area contributed by atoms with Crippen molar-refractivity contribution in [2.24, 2.45) is 0 Å². The minimum atomic E-state index is 0.867. The minimum absolute atomic E-state index is 0.867. The minimum Gasteiger partial charge on any atom is -0.311 e. The van der Waals surface area contributed by atoms with Gasteiger partial charge in [0.15, 0.2) is 0 Å². The van der Waals surface area contributed by atoms with Crippen LogP contribution in [0.15, 0.2) is 152 Å². The van der Waals surface area contributed by atoms with E-state index in [1.165, 1.54) is 11.1 Å². The van der Waals surface area contributed by atoms with Crippen molar-refractivity contribution < 1.29 is 0 Å². The third-order valence-corrected chi connectivity index (χ3v) is 7.48. The summed E-state index contributed by atoms with van der Waals surface area (Å²) in [6.45, 7) is 0. The van der Waals surface area contributed by atoms with E-state index in [2.05, 4.69) is 98.1 Å². The second-order valence-electron chi connectivity index (χ2n) is 10.2. The Bertz CT molecular complexity index is 1980. The van der Waals surface area contributed by atoms with Crippen LogP contribution in [0.4, 0.5) is 17.1 Å². The Labute approximate surface area is 247 Å². The molecule has 0 N–H and O–H groups in total. The van der Waals surface area contributed by atoms with Crippen LogP contribution < -0.4 is 4.90 Å². The van der Waals surface area contributed by atoms with Crippen molar-refractivity contribution >= 4 is 39.1 Å². The first-order valence-electron chi connectivity index (χ1n) is 14.1. The molecule has 0 spiro atoms. The summed E-state index contributed by atoms with van der Waals surface area (Å²) in [4.78, 5) is 5.61. The molecule has 7 nitrogen and oxygen atoms in total. The molecule has 0 saturated carbocycles. The number of anilines is 3. The van der Waals surface area contributed by atoms with Crippen LogP contribution in [-0.4, -0.2) is 30.0 Å². The highest BCUT2D eigenvalue weighted by Crippen LogP contribution is 2.36. The van der Waals surface area contributed by atoms with E-state index in [1.54, 1.807) is 9.59 Å². The molecular formula is C36H25N7. The van der Waals surface area contributed by atoms with Crippen LogP contribution in [0, 0.1) is 0 Å². The fourth-order valence-corrected chi connectivity index (χ4v) is 5.30. The fourth-order valence-electron chi connectivity index (χ4n) is 5.30. The third-order valence-electron chi connectivity index (χ3n) is 7.48. The molecule has 0 fully saturated rings. The van der Waals surface area contributed by atoms with Crippen LogP contribution >= 0.6 is 0 Å². The van der Waals surface area contributed by atoms with Gasteiger partial charge in [0.2, 0.25) is 0 Å². The molecule has 0 bridgehead atoms. The molecule has 2 aromatic heterocycles. The molecule has 0 aliphatic rings. The highest BCUT2D eigenvalue weighted by molar-refractivity contribution is 5.79. The van der Waals surface area contributed by atoms with E-state index in [4.69, 9.17) is 0 Å². The standard InChI is InChI=1S/C36H25N7/c1-2-8-26(9-3-1)27-14-16-28(17-15-27)41(29-18-22-31(23-19-29)42-37-33-10-4-5-11-34(33)38-42)30-20-24-32(25-21-30)43-39-35-12-6-7-13-36(35)40-43/h1-25H. The van der Waals surface area contributed by atoms with Gasteiger partial charge in [0, 0.05) is 17.1 Å². The Morgan fingerprint density at radius 3 is 1.05 bits per heavy atom. The highest BCUT2D eigenvalue weighted by atomic mass is 15.5. The van der Waals surface area contributed by atoms with Crippen molar-refractivity contribution in [3.05, 3.63) is 152 Å². The monoisotopic (exact) mass is 555 g/mol. The lowest BCUT2D eigenvalue weighted by atomic mass is 10.0. The van der Waals surface area contributed by atoms with E-state index >= 15 is 0 Å². The summed E-state index contributed by atoms with van der Waals surface area (Å²) in [5, 5.41) is 18.6. The van der Waals surface area contributed by atoms with E-state index in [9.17, 15) is 0 Å². The molecule has 8 rings (SSSR count). The van der Waals surface area contributed by atoms with E-state index < -0.39 is 0 Å². The van der Waals surface area contributed by atoms with Gasteiger partial charge in [-0.05, 0) is 96.1 Å². The Kier molecular flexibility index (Phi) is 5.97. The largest absolute Gasteiger partial charge is 0.311 e. The second-order valence-corrected chi connectivity index (χ2v) is 10.2. The number of benzene rings is 6. The predicted octanol–water partition coefficient (Wildman–Crippen LogP) is 8.29. The zero-order valence-electron chi connectivity index (χ0n) is 23.1. The number of aromatic nitrogens is 6. The number of fused-ring (bicyclic) bond motifs is 2. The molecule has 204 valence electrons. The quantitative estimate of drug-likeness (QED) is 0.207. The van der Waals surface area contributed by atoms with E-state index in [-0.39, 0.29) is 0 Å². The van der Waals surface area contributed by atoms with Crippen molar-refractivity contribution in [1.29, 1.82) is 0 Å². The van der Waals surface area contributed by atoms with Crippen LogP contribution in [0.2, 0.25) is 0 Å². The van der Waals surface area contributed by atoms with Crippen LogP contribution in [-0.2, 0) is 0 Å². The second kappa shape index (κ2) is 10.4. The maximum atomic E-state index is 4.64. The summed E-state index contributed by atoms with van der Waals surface area (Å²) in [7, 11) is 0. The lowest BCUT2D eigenvalue weighted by Gasteiger charge is -2.26. The number of nitrogens with zero attached hydrogens (tertiary/aromatic N) is 7. The average molecular weight is 556 g/mol. The highest BCUT2D eigenvalue weighted by Gasteiger charge is 2.15. The molecule has 0 unspecified atom stereocenters. The van der Waals surface area contributed by atoms with Gasteiger partial charge in [0.25, 0.3) is 0 Å². The summed E-state index contributed by atoms with van der Waals surface area (Å²) in [5.74, 6) is 0. The number of hydrogen-bond donors (Lipinski definition) is 0. The van der Waals surface area contributed by atoms with Gasteiger partial charge in [0.05, 0.1) is 11.4 Å². The smallest absolute Gasteiger partial charge is 0.113 e. The summed E-state index contributed by atoms with van der Waals surface area (Å²) < 4.78 is 0. The van der Waals surface area contributed by atoms with Crippen molar-refractivity contribution in [1.82, 2.24) is 30.0 Å². The van der Waals surface area contributed by atoms with E-state index in [1.807, 2.05) is 78.9 Å². The van der Waals surface area contributed by atoms with Gasteiger partial charge in [-0.25, -0.2) is 0 Å². The summed E-state index contributed by atoms with van der Waals surface area (Å²) in [6, 6.07) is 51.5. The lowest BCUT2D eigenvalue weighted by molar-refractivity contribution is 0.765. The Morgan fingerprint density at radius 2 is 0.651 bits per heavy atom. The molecule has 0 saturated heterocycles. The number of hydrogen-bond acceptors (Lipinski definition) is 5. The zero-order valence-corrected chi connectivity index (χ0v) is 23.1.